The van der Waals surface area contributed by atoms with E-state index in [0.29, 0.717) is 5.56 Å². The highest BCUT2D eigenvalue weighted by Gasteiger charge is 2.46. The lowest BCUT2D eigenvalue weighted by Gasteiger charge is -2.18. The zero-order chi connectivity index (χ0) is 19.6. The number of sulfonamides is 1. The maximum Gasteiger partial charge on any atom is 0.516 e. The molecular weight excluding hydrogens is 363 g/mol. The van der Waals surface area contributed by atoms with Crippen molar-refractivity contribution in [2.45, 2.75) is 31.7 Å². The van der Waals surface area contributed by atoms with Gasteiger partial charge in [0.05, 0.1) is 5.69 Å². The van der Waals surface area contributed by atoms with Gasteiger partial charge in [-0.1, -0.05) is 75.4 Å². The molecule has 0 saturated carbocycles. The minimum atomic E-state index is -5.46. The van der Waals surface area contributed by atoms with Crippen molar-refractivity contribution in [2.24, 2.45) is 0 Å². The van der Waals surface area contributed by atoms with E-state index in [1.165, 1.54) is 18.2 Å². The minimum absolute atomic E-state index is 0.0186. The highest BCUT2D eigenvalue weighted by atomic mass is 32.2. The van der Waals surface area contributed by atoms with Crippen molar-refractivity contribution in [1.29, 1.82) is 0 Å². The number of para-hydroxylation sites is 1. The van der Waals surface area contributed by atoms with Gasteiger partial charge in [0, 0.05) is 0 Å². The van der Waals surface area contributed by atoms with Crippen molar-refractivity contribution in [3.05, 3.63) is 65.2 Å². The fourth-order valence-corrected chi connectivity index (χ4v) is 2.81. The SMILES string of the molecule is CC(C)(C)c1ccc(/C=C/c2ccccc2NS(=O)(=O)C(F)(F)F)cc1. The van der Waals surface area contributed by atoms with Crippen LogP contribution >= 0.6 is 0 Å². The molecule has 0 atom stereocenters. The molecule has 0 radical (unpaired) electrons. The van der Waals surface area contributed by atoms with Gasteiger partial charge < -0.3 is 0 Å². The molecular formula is C19H20F3NO2S. The predicted molar refractivity (Wildman–Crippen MR) is 99.1 cm³/mol. The third kappa shape index (κ3) is 4.88. The number of hydrogen-bond acceptors (Lipinski definition) is 2. The van der Waals surface area contributed by atoms with Gasteiger partial charge in [-0.05, 0) is 28.2 Å². The van der Waals surface area contributed by atoms with Gasteiger partial charge in [-0.3, -0.25) is 4.72 Å². The molecule has 7 heteroatoms. The van der Waals surface area contributed by atoms with E-state index in [1.54, 1.807) is 22.9 Å². The van der Waals surface area contributed by atoms with Crippen molar-refractivity contribution < 1.29 is 21.6 Å². The van der Waals surface area contributed by atoms with Gasteiger partial charge in [-0.2, -0.15) is 21.6 Å². The molecule has 2 rings (SSSR count). The first-order valence-electron chi connectivity index (χ1n) is 7.87. The van der Waals surface area contributed by atoms with Crippen LogP contribution < -0.4 is 4.72 Å². The summed E-state index contributed by atoms with van der Waals surface area (Å²) < 4.78 is 61.9. The molecule has 0 aliphatic carbocycles. The first kappa shape index (κ1) is 20.0. The van der Waals surface area contributed by atoms with E-state index in [1.807, 2.05) is 24.3 Å². The van der Waals surface area contributed by atoms with Gasteiger partial charge in [0.2, 0.25) is 0 Å². The number of hydrogen-bond donors (Lipinski definition) is 1. The van der Waals surface area contributed by atoms with Crippen LogP contribution in [0.2, 0.25) is 0 Å². The highest BCUT2D eigenvalue weighted by Crippen LogP contribution is 2.28. The Morgan fingerprint density at radius 3 is 2.00 bits per heavy atom. The van der Waals surface area contributed by atoms with Crippen LogP contribution in [0.4, 0.5) is 18.9 Å². The molecule has 0 fully saturated rings. The Balaban J connectivity index is 2.27. The van der Waals surface area contributed by atoms with Crippen molar-refractivity contribution >= 4 is 27.9 Å². The molecule has 0 aliphatic rings. The van der Waals surface area contributed by atoms with Gasteiger partial charge in [0.1, 0.15) is 0 Å². The molecule has 3 nitrogen and oxygen atoms in total. The Labute approximate surface area is 151 Å². The fraction of sp³-hybridized carbons (Fsp3) is 0.263. The van der Waals surface area contributed by atoms with E-state index in [4.69, 9.17) is 0 Å². The first-order valence-corrected chi connectivity index (χ1v) is 9.35. The Bertz CT molecular complexity index is 894. The predicted octanol–water partition coefficient (Wildman–Crippen LogP) is 5.42. The third-order valence-electron chi connectivity index (χ3n) is 3.74. The summed E-state index contributed by atoms with van der Waals surface area (Å²) in [6.45, 7) is 6.29. The molecule has 0 heterocycles. The van der Waals surface area contributed by atoms with E-state index in [9.17, 15) is 21.6 Å². The molecule has 0 unspecified atom stereocenters. The Morgan fingerprint density at radius 1 is 0.885 bits per heavy atom. The first-order chi connectivity index (χ1) is 11.9. The molecule has 0 aromatic heterocycles. The normalized spacial score (nSPS) is 13.2. The summed E-state index contributed by atoms with van der Waals surface area (Å²) in [5.74, 6) is 0. The van der Waals surface area contributed by atoms with Gasteiger partial charge in [0.15, 0.2) is 0 Å². The second-order valence-electron chi connectivity index (χ2n) is 6.84. The molecule has 0 saturated heterocycles. The van der Waals surface area contributed by atoms with Crippen LogP contribution in [0.15, 0.2) is 48.5 Å². The maximum atomic E-state index is 12.6. The van der Waals surface area contributed by atoms with Gasteiger partial charge >= 0.3 is 15.5 Å². The van der Waals surface area contributed by atoms with Crippen LogP contribution in [0.5, 0.6) is 0 Å². The lowest BCUT2D eigenvalue weighted by atomic mass is 9.87. The van der Waals surface area contributed by atoms with E-state index in [-0.39, 0.29) is 11.1 Å². The number of rotatable bonds is 4. The van der Waals surface area contributed by atoms with Crippen LogP contribution in [0.1, 0.15) is 37.5 Å². The second kappa shape index (κ2) is 7.15. The highest BCUT2D eigenvalue weighted by molar-refractivity contribution is 7.93. The summed E-state index contributed by atoms with van der Waals surface area (Å²) in [4.78, 5) is 0. The standard InChI is InChI=1S/C19H20F3NO2S/c1-18(2,3)16-12-9-14(10-13-16)8-11-15-6-4-5-7-17(15)23-26(24,25)19(20,21)22/h4-13,23H,1-3H3/b11-8+. The molecule has 2 aromatic rings. The lowest BCUT2D eigenvalue weighted by Crippen LogP contribution is -2.30. The van der Waals surface area contributed by atoms with E-state index >= 15 is 0 Å². The molecule has 0 bridgehead atoms. The lowest BCUT2D eigenvalue weighted by molar-refractivity contribution is -0.0429. The number of benzene rings is 2. The van der Waals surface area contributed by atoms with E-state index < -0.39 is 15.5 Å². The van der Waals surface area contributed by atoms with Crippen molar-refractivity contribution in [3.8, 4) is 0 Å². The molecule has 0 aliphatic heterocycles. The van der Waals surface area contributed by atoms with Crippen LogP contribution in [0, 0.1) is 0 Å². The molecule has 0 spiro atoms. The fourth-order valence-electron chi connectivity index (χ4n) is 2.22. The topological polar surface area (TPSA) is 46.2 Å². The van der Waals surface area contributed by atoms with Gasteiger partial charge in [-0.25, -0.2) is 0 Å². The Hall–Kier alpha value is -2.28. The van der Waals surface area contributed by atoms with Crippen LogP contribution in [-0.4, -0.2) is 13.9 Å². The van der Waals surface area contributed by atoms with Crippen molar-refractivity contribution in [3.63, 3.8) is 0 Å². The Morgan fingerprint density at radius 2 is 1.46 bits per heavy atom. The number of anilines is 1. The monoisotopic (exact) mass is 383 g/mol. The van der Waals surface area contributed by atoms with Crippen molar-refractivity contribution in [2.75, 3.05) is 4.72 Å². The largest absolute Gasteiger partial charge is 0.516 e. The third-order valence-corrected chi connectivity index (χ3v) is 4.84. The number of nitrogens with one attached hydrogen (secondary N) is 1. The average molecular weight is 383 g/mol. The van der Waals surface area contributed by atoms with Gasteiger partial charge in [-0.15, -0.1) is 0 Å². The summed E-state index contributed by atoms with van der Waals surface area (Å²) in [6.07, 6.45) is 3.29. The van der Waals surface area contributed by atoms with Crippen LogP contribution in [0.3, 0.4) is 0 Å². The summed E-state index contributed by atoms with van der Waals surface area (Å²) >= 11 is 0. The maximum absolute atomic E-state index is 12.6. The summed E-state index contributed by atoms with van der Waals surface area (Å²) in [5.41, 5.74) is -3.13. The molecule has 140 valence electrons. The molecule has 0 amide bonds. The molecule has 2 aromatic carbocycles. The molecule has 26 heavy (non-hydrogen) atoms. The zero-order valence-corrected chi connectivity index (χ0v) is 15.4. The molecule has 1 N–H and O–H groups in total. The summed E-state index contributed by atoms with van der Waals surface area (Å²) in [6, 6.07) is 13.7. The zero-order valence-electron chi connectivity index (χ0n) is 14.6. The quantitative estimate of drug-likeness (QED) is 0.717. The smallest absolute Gasteiger partial charge is 0.275 e. The summed E-state index contributed by atoms with van der Waals surface area (Å²) in [5, 5.41) is 0. The van der Waals surface area contributed by atoms with E-state index in [0.717, 1.165) is 11.1 Å². The van der Waals surface area contributed by atoms with Crippen LogP contribution in [-0.2, 0) is 15.4 Å². The summed E-state index contributed by atoms with van der Waals surface area (Å²) in [7, 11) is -5.46. The van der Waals surface area contributed by atoms with Crippen molar-refractivity contribution in [1.82, 2.24) is 0 Å². The number of alkyl halides is 3. The van der Waals surface area contributed by atoms with Crippen LogP contribution in [0.25, 0.3) is 12.2 Å². The average Bonchev–Trinajstić information content (AvgIpc) is 2.52. The minimum Gasteiger partial charge on any atom is -0.275 e. The Kier molecular flexibility index (Phi) is 5.51. The van der Waals surface area contributed by atoms with E-state index in [2.05, 4.69) is 20.8 Å². The van der Waals surface area contributed by atoms with Gasteiger partial charge in [0.25, 0.3) is 0 Å². The second-order valence-corrected chi connectivity index (χ2v) is 8.52. The number of halogens is 3.